The molecule has 0 bridgehead atoms. The van der Waals surface area contributed by atoms with Gasteiger partial charge >= 0.3 is 0 Å². The van der Waals surface area contributed by atoms with Crippen molar-refractivity contribution >= 4 is 19.0 Å². The molecule has 0 amide bonds. The molecule has 0 unspecified atom stereocenters. The van der Waals surface area contributed by atoms with Crippen LogP contribution in [0.25, 0.3) is 0 Å². The fourth-order valence-corrected chi connectivity index (χ4v) is 2.14. The molecule has 1 rings (SSSR count). The lowest BCUT2D eigenvalue weighted by atomic mass is 10.2. The van der Waals surface area contributed by atoms with E-state index < -0.39 is 7.58 Å². The van der Waals surface area contributed by atoms with Crippen molar-refractivity contribution < 1.29 is 9.79 Å². The minimum Gasteiger partial charge on any atom is -0.342 e. The summed E-state index contributed by atoms with van der Waals surface area (Å²) in [4.78, 5) is 17.2. The van der Waals surface area contributed by atoms with E-state index in [0.29, 0.717) is 0 Å². The Bertz CT molecular complexity index is 216. The van der Waals surface area contributed by atoms with Gasteiger partial charge in [0.1, 0.15) is 0 Å². The summed E-state index contributed by atoms with van der Waals surface area (Å²) in [6.45, 7) is 0. The summed E-state index contributed by atoms with van der Waals surface area (Å²) in [7, 11) is -1.78. The Morgan fingerprint density at radius 1 is 1.17 bits per heavy atom. The van der Waals surface area contributed by atoms with Crippen molar-refractivity contribution in [2.45, 2.75) is 6.42 Å². The Morgan fingerprint density at radius 2 is 1.83 bits per heavy atom. The summed E-state index contributed by atoms with van der Waals surface area (Å²) < 4.78 is 0. The van der Waals surface area contributed by atoms with Crippen LogP contribution in [-0.2, 0) is 6.42 Å². The van der Waals surface area contributed by atoms with Gasteiger partial charge in [-0.05, 0) is 12.0 Å². The maximum Gasteiger partial charge on any atom is 0.232 e. The largest absolute Gasteiger partial charge is 0.342 e. The molecule has 0 aliphatic carbocycles. The first-order chi connectivity index (χ1) is 5.79. The van der Waals surface area contributed by atoms with Crippen molar-refractivity contribution in [3.63, 3.8) is 0 Å². The molecule has 0 spiro atoms. The van der Waals surface area contributed by atoms with Crippen LogP contribution >= 0.6 is 19.0 Å². The molecule has 0 heterocycles. The van der Waals surface area contributed by atoms with Gasteiger partial charge in [-0.25, -0.2) is 0 Å². The highest BCUT2D eigenvalue weighted by molar-refractivity contribution is 8.52. The van der Waals surface area contributed by atoms with Crippen LogP contribution in [0.15, 0.2) is 30.3 Å². The van der Waals surface area contributed by atoms with Crippen LogP contribution in [0.4, 0.5) is 0 Å². The second-order valence-corrected chi connectivity index (χ2v) is 5.25. The van der Waals surface area contributed by atoms with Crippen molar-refractivity contribution in [3.8, 4) is 0 Å². The zero-order chi connectivity index (χ0) is 8.81. The SMILES string of the molecule is OP(O)SCCc1ccccc1. The molecular weight excluding hydrogens is 191 g/mol. The molecule has 0 saturated heterocycles. The van der Waals surface area contributed by atoms with E-state index >= 15 is 0 Å². The maximum absolute atomic E-state index is 8.61. The molecule has 12 heavy (non-hydrogen) atoms. The summed E-state index contributed by atoms with van der Waals surface area (Å²) in [5.41, 5.74) is 1.24. The number of hydrogen-bond donors (Lipinski definition) is 2. The molecule has 0 fully saturated rings. The van der Waals surface area contributed by atoms with Crippen LogP contribution in [0.2, 0.25) is 0 Å². The number of aryl methyl sites for hydroxylation is 1. The van der Waals surface area contributed by atoms with E-state index in [1.54, 1.807) is 0 Å². The molecule has 1 aromatic rings. The van der Waals surface area contributed by atoms with Gasteiger partial charge in [-0.3, -0.25) is 0 Å². The van der Waals surface area contributed by atoms with Gasteiger partial charge in [0.15, 0.2) is 0 Å². The highest BCUT2D eigenvalue weighted by Crippen LogP contribution is 2.40. The van der Waals surface area contributed by atoms with Gasteiger partial charge in [-0.1, -0.05) is 41.7 Å². The second kappa shape index (κ2) is 5.55. The first kappa shape index (κ1) is 10.0. The zero-order valence-corrected chi connectivity index (χ0v) is 8.26. The van der Waals surface area contributed by atoms with Crippen LogP contribution < -0.4 is 0 Å². The summed E-state index contributed by atoms with van der Waals surface area (Å²) in [6.07, 6.45) is 0.894. The van der Waals surface area contributed by atoms with E-state index in [0.717, 1.165) is 12.2 Å². The summed E-state index contributed by atoms with van der Waals surface area (Å²) >= 11 is 1.20. The first-order valence-electron chi connectivity index (χ1n) is 3.64. The summed E-state index contributed by atoms with van der Waals surface area (Å²) in [5.74, 6) is 0.767. The van der Waals surface area contributed by atoms with E-state index in [9.17, 15) is 0 Å². The Kier molecular flexibility index (Phi) is 4.62. The molecule has 0 aliphatic rings. The smallest absolute Gasteiger partial charge is 0.232 e. The van der Waals surface area contributed by atoms with Crippen molar-refractivity contribution in [3.05, 3.63) is 35.9 Å². The van der Waals surface area contributed by atoms with Gasteiger partial charge in [0, 0.05) is 5.75 Å². The molecule has 66 valence electrons. The van der Waals surface area contributed by atoms with Gasteiger partial charge < -0.3 is 9.79 Å². The van der Waals surface area contributed by atoms with E-state index in [4.69, 9.17) is 9.79 Å². The number of hydrogen-bond acceptors (Lipinski definition) is 3. The Morgan fingerprint density at radius 3 is 2.42 bits per heavy atom. The lowest BCUT2D eigenvalue weighted by Gasteiger charge is -2.01. The molecule has 2 nitrogen and oxygen atoms in total. The third kappa shape index (κ3) is 4.07. The minimum absolute atomic E-state index is 0.767. The van der Waals surface area contributed by atoms with Gasteiger partial charge in [0.25, 0.3) is 0 Å². The van der Waals surface area contributed by atoms with Crippen LogP contribution in [0.3, 0.4) is 0 Å². The Hall–Kier alpha value is -0.0800. The molecule has 2 N–H and O–H groups in total. The van der Waals surface area contributed by atoms with Gasteiger partial charge in [-0.15, -0.1) is 0 Å². The fourth-order valence-electron chi connectivity index (χ4n) is 0.890. The zero-order valence-electron chi connectivity index (χ0n) is 6.55. The third-order valence-electron chi connectivity index (χ3n) is 1.44. The predicted molar refractivity (Wildman–Crippen MR) is 54.0 cm³/mol. The lowest BCUT2D eigenvalue weighted by molar-refractivity contribution is 0.505. The molecular formula is C8H11O2PS. The fraction of sp³-hybridized carbons (Fsp3) is 0.250. The van der Waals surface area contributed by atoms with E-state index in [-0.39, 0.29) is 0 Å². The quantitative estimate of drug-likeness (QED) is 0.735. The molecule has 0 radical (unpaired) electrons. The summed E-state index contributed by atoms with van der Waals surface area (Å²) in [5, 5.41) is 0. The topological polar surface area (TPSA) is 40.5 Å². The van der Waals surface area contributed by atoms with E-state index in [1.807, 2.05) is 30.3 Å². The lowest BCUT2D eigenvalue weighted by Crippen LogP contribution is -1.86. The van der Waals surface area contributed by atoms with Crippen LogP contribution in [0.1, 0.15) is 5.56 Å². The molecule has 4 heteroatoms. The standard InChI is InChI=1S/C8H11O2PS/c9-11(10)12-7-6-8-4-2-1-3-5-8/h1-5,9-10H,6-7H2. The van der Waals surface area contributed by atoms with Crippen LogP contribution in [0, 0.1) is 0 Å². The van der Waals surface area contributed by atoms with Crippen molar-refractivity contribution in [2.75, 3.05) is 5.75 Å². The molecule has 0 aromatic heterocycles. The van der Waals surface area contributed by atoms with Gasteiger partial charge in [0.2, 0.25) is 7.58 Å². The van der Waals surface area contributed by atoms with Crippen LogP contribution in [-0.4, -0.2) is 15.5 Å². The highest BCUT2D eigenvalue weighted by Gasteiger charge is 1.98. The Labute approximate surface area is 77.3 Å². The normalized spacial score (nSPS) is 10.6. The van der Waals surface area contributed by atoms with Crippen molar-refractivity contribution in [2.24, 2.45) is 0 Å². The third-order valence-corrected chi connectivity index (χ3v) is 3.30. The monoisotopic (exact) mass is 202 g/mol. The first-order valence-corrected chi connectivity index (χ1v) is 6.47. The second-order valence-electron chi connectivity index (χ2n) is 2.32. The molecule has 0 atom stereocenters. The average Bonchev–Trinajstić information content (AvgIpc) is 2.05. The number of benzene rings is 1. The minimum atomic E-state index is -1.78. The van der Waals surface area contributed by atoms with Crippen molar-refractivity contribution in [1.29, 1.82) is 0 Å². The summed E-state index contributed by atoms with van der Waals surface area (Å²) in [6, 6.07) is 10.0. The predicted octanol–water partition coefficient (Wildman–Crippen LogP) is 2.17. The highest BCUT2D eigenvalue weighted by atomic mass is 32.7. The molecule has 0 saturated carbocycles. The van der Waals surface area contributed by atoms with E-state index in [2.05, 4.69) is 0 Å². The maximum atomic E-state index is 8.61. The molecule has 0 aliphatic heterocycles. The van der Waals surface area contributed by atoms with Crippen LogP contribution in [0.5, 0.6) is 0 Å². The van der Waals surface area contributed by atoms with Crippen molar-refractivity contribution in [1.82, 2.24) is 0 Å². The number of rotatable bonds is 4. The molecule has 1 aromatic carbocycles. The van der Waals surface area contributed by atoms with Gasteiger partial charge in [0.05, 0.1) is 0 Å². The van der Waals surface area contributed by atoms with Gasteiger partial charge in [-0.2, -0.15) is 0 Å². The Balaban J connectivity index is 2.25. The average molecular weight is 202 g/mol. The van der Waals surface area contributed by atoms with E-state index in [1.165, 1.54) is 16.9 Å².